The van der Waals surface area contributed by atoms with Crippen LogP contribution in [0.5, 0.6) is 0 Å². The van der Waals surface area contributed by atoms with Gasteiger partial charge in [0.05, 0.1) is 17.6 Å². The molecule has 0 amide bonds. The molecule has 5 nitrogen and oxygen atoms in total. The van der Waals surface area contributed by atoms with Gasteiger partial charge in [0, 0.05) is 17.3 Å². The molecular weight excluding hydrogens is 256 g/mol. The number of Topliss-reactive ketones (excluding diaryl/α,β-unsaturated/α-hetero) is 1. The van der Waals surface area contributed by atoms with Crippen molar-refractivity contribution in [3.63, 3.8) is 0 Å². The molecule has 0 spiro atoms. The lowest BCUT2D eigenvalue weighted by Crippen LogP contribution is -2.30. The quantitative estimate of drug-likeness (QED) is 0.623. The van der Waals surface area contributed by atoms with Crippen molar-refractivity contribution in [3.8, 4) is 6.07 Å². The predicted molar refractivity (Wildman–Crippen MR) is 72.7 cm³/mol. The van der Waals surface area contributed by atoms with Crippen LogP contribution in [-0.2, 0) is 4.79 Å². The summed E-state index contributed by atoms with van der Waals surface area (Å²) in [6.07, 6.45) is 3.07. The molecule has 0 saturated heterocycles. The van der Waals surface area contributed by atoms with Crippen LogP contribution < -0.4 is 0 Å². The molecule has 0 aromatic heterocycles. The Morgan fingerprint density at radius 2 is 2.05 bits per heavy atom. The maximum atomic E-state index is 12.0. The van der Waals surface area contributed by atoms with E-state index in [-0.39, 0.29) is 29.1 Å². The molecule has 1 aromatic rings. The molecule has 0 bridgehead atoms. The van der Waals surface area contributed by atoms with Crippen LogP contribution in [-0.4, -0.2) is 17.3 Å². The molecule has 5 heteroatoms. The number of carbonyl (C=O) groups excluding carboxylic acids is 1. The molecule has 1 aromatic carbocycles. The van der Waals surface area contributed by atoms with E-state index < -0.39 is 0 Å². The van der Waals surface area contributed by atoms with E-state index in [0.29, 0.717) is 12.0 Å². The van der Waals surface area contributed by atoms with Gasteiger partial charge in [-0.2, -0.15) is 5.26 Å². The number of hydrogen-bond donors (Lipinski definition) is 0. The summed E-state index contributed by atoms with van der Waals surface area (Å²) in [5.41, 5.74) is 1.30. The van der Waals surface area contributed by atoms with Crippen molar-refractivity contribution >= 4 is 5.78 Å². The Kier molecular flexibility index (Phi) is 4.46. The van der Waals surface area contributed by atoms with Crippen LogP contribution in [0.1, 0.15) is 42.7 Å². The number of nitrogens with zero attached hydrogens (tertiary/aromatic N) is 2. The van der Waals surface area contributed by atoms with Gasteiger partial charge in [-0.1, -0.05) is 18.6 Å². The molecule has 0 unspecified atom stereocenters. The van der Waals surface area contributed by atoms with Crippen molar-refractivity contribution in [2.45, 2.75) is 31.6 Å². The highest BCUT2D eigenvalue weighted by Gasteiger charge is 2.34. The second-order valence-corrected chi connectivity index (χ2v) is 5.17. The fourth-order valence-electron chi connectivity index (χ4n) is 2.87. The van der Waals surface area contributed by atoms with Gasteiger partial charge in [-0.25, -0.2) is 0 Å². The third-order valence-electron chi connectivity index (χ3n) is 3.90. The second kappa shape index (κ2) is 6.29. The molecule has 0 radical (unpaired) electrons. The lowest BCUT2D eigenvalue weighted by molar-refractivity contribution is -0.484. The van der Waals surface area contributed by atoms with Crippen LogP contribution >= 0.6 is 0 Å². The molecule has 0 aliphatic heterocycles. The monoisotopic (exact) mass is 272 g/mol. The molecule has 0 N–H and O–H groups in total. The van der Waals surface area contributed by atoms with Crippen molar-refractivity contribution in [1.82, 2.24) is 0 Å². The first-order chi connectivity index (χ1) is 9.61. The van der Waals surface area contributed by atoms with Gasteiger partial charge >= 0.3 is 0 Å². The number of nitriles is 1. The van der Waals surface area contributed by atoms with Crippen molar-refractivity contribution in [3.05, 3.63) is 45.5 Å². The molecular formula is C15H16N2O3. The SMILES string of the molecule is N#Cc1ccc([C@H](C[N+](=O)[O-])[C@@H]2CCCCC2=O)cc1. The Morgan fingerprint density at radius 3 is 2.60 bits per heavy atom. The van der Waals surface area contributed by atoms with E-state index >= 15 is 0 Å². The predicted octanol–water partition coefficient (Wildman–Crippen LogP) is 2.68. The van der Waals surface area contributed by atoms with Crippen LogP contribution in [0.25, 0.3) is 0 Å². The maximum Gasteiger partial charge on any atom is 0.211 e. The zero-order valence-corrected chi connectivity index (χ0v) is 11.1. The average Bonchev–Trinajstić information content (AvgIpc) is 2.46. The first-order valence-electron chi connectivity index (χ1n) is 6.76. The van der Waals surface area contributed by atoms with Crippen LogP contribution in [0.3, 0.4) is 0 Å². The Hall–Kier alpha value is -2.22. The largest absolute Gasteiger partial charge is 0.299 e. The Labute approximate surface area is 117 Å². The molecule has 2 atom stereocenters. The Balaban J connectivity index is 2.28. The lowest BCUT2D eigenvalue weighted by Gasteiger charge is -2.27. The van der Waals surface area contributed by atoms with E-state index in [1.165, 1.54) is 0 Å². The maximum absolute atomic E-state index is 12.0. The van der Waals surface area contributed by atoms with Gasteiger partial charge in [-0.05, 0) is 30.5 Å². The molecule has 1 aliphatic carbocycles. The lowest BCUT2D eigenvalue weighted by atomic mass is 9.76. The summed E-state index contributed by atoms with van der Waals surface area (Å²) in [5, 5.41) is 19.7. The smallest absolute Gasteiger partial charge is 0.211 e. The van der Waals surface area contributed by atoms with Crippen LogP contribution in [0.2, 0.25) is 0 Å². The van der Waals surface area contributed by atoms with Gasteiger partial charge in [0.2, 0.25) is 6.54 Å². The summed E-state index contributed by atoms with van der Waals surface area (Å²) in [7, 11) is 0. The minimum Gasteiger partial charge on any atom is -0.299 e. The second-order valence-electron chi connectivity index (χ2n) is 5.17. The fraction of sp³-hybridized carbons (Fsp3) is 0.467. The minimum atomic E-state index is -0.384. The van der Waals surface area contributed by atoms with Gasteiger partial charge < -0.3 is 0 Å². The molecule has 0 heterocycles. The number of rotatable bonds is 4. The zero-order chi connectivity index (χ0) is 14.5. The summed E-state index contributed by atoms with van der Waals surface area (Å²) < 4.78 is 0. The van der Waals surface area contributed by atoms with E-state index in [0.717, 1.165) is 24.8 Å². The van der Waals surface area contributed by atoms with E-state index in [1.54, 1.807) is 24.3 Å². The van der Waals surface area contributed by atoms with Crippen LogP contribution in [0.15, 0.2) is 24.3 Å². The van der Waals surface area contributed by atoms with Crippen molar-refractivity contribution in [2.24, 2.45) is 5.92 Å². The van der Waals surface area contributed by atoms with E-state index in [1.807, 2.05) is 6.07 Å². The van der Waals surface area contributed by atoms with E-state index in [4.69, 9.17) is 5.26 Å². The van der Waals surface area contributed by atoms with Gasteiger partial charge in [0.25, 0.3) is 0 Å². The summed E-state index contributed by atoms with van der Waals surface area (Å²) in [4.78, 5) is 22.6. The van der Waals surface area contributed by atoms with Crippen LogP contribution in [0.4, 0.5) is 0 Å². The van der Waals surface area contributed by atoms with Gasteiger partial charge in [-0.15, -0.1) is 0 Å². The third kappa shape index (κ3) is 3.21. The fourth-order valence-corrected chi connectivity index (χ4v) is 2.87. The summed E-state index contributed by atoms with van der Waals surface area (Å²) in [6.45, 7) is -0.234. The molecule has 104 valence electrons. The molecule has 20 heavy (non-hydrogen) atoms. The first-order valence-corrected chi connectivity index (χ1v) is 6.76. The van der Waals surface area contributed by atoms with E-state index in [2.05, 4.69) is 0 Å². The highest BCUT2D eigenvalue weighted by molar-refractivity contribution is 5.82. The van der Waals surface area contributed by atoms with Gasteiger partial charge in [-0.3, -0.25) is 14.9 Å². The molecule has 1 aliphatic rings. The third-order valence-corrected chi connectivity index (χ3v) is 3.90. The van der Waals surface area contributed by atoms with Crippen molar-refractivity contribution in [2.75, 3.05) is 6.54 Å². The van der Waals surface area contributed by atoms with Crippen molar-refractivity contribution in [1.29, 1.82) is 5.26 Å². The average molecular weight is 272 g/mol. The standard InChI is InChI=1S/C15H16N2O3/c16-9-11-5-7-12(8-6-11)14(10-17(19)20)13-3-1-2-4-15(13)18/h5-8,13-14H,1-4,10H2/t13-,14-/m0/s1. The number of benzene rings is 1. The zero-order valence-electron chi connectivity index (χ0n) is 11.1. The Morgan fingerprint density at radius 1 is 1.35 bits per heavy atom. The summed E-state index contributed by atoms with van der Waals surface area (Å²) >= 11 is 0. The highest BCUT2D eigenvalue weighted by Crippen LogP contribution is 2.34. The number of hydrogen-bond acceptors (Lipinski definition) is 4. The molecule has 1 saturated carbocycles. The molecule has 1 fully saturated rings. The minimum absolute atomic E-state index is 0.132. The number of nitro groups is 1. The normalized spacial score (nSPS) is 20.1. The topological polar surface area (TPSA) is 84.0 Å². The first kappa shape index (κ1) is 14.2. The van der Waals surface area contributed by atoms with E-state index in [9.17, 15) is 14.9 Å². The van der Waals surface area contributed by atoms with Crippen LogP contribution in [0, 0.1) is 27.4 Å². The van der Waals surface area contributed by atoms with Crippen molar-refractivity contribution < 1.29 is 9.72 Å². The van der Waals surface area contributed by atoms with Gasteiger partial charge in [0.1, 0.15) is 5.78 Å². The highest BCUT2D eigenvalue weighted by atomic mass is 16.6. The van der Waals surface area contributed by atoms with Gasteiger partial charge in [0.15, 0.2) is 0 Å². The number of ketones is 1. The summed E-state index contributed by atoms with van der Waals surface area (Å²) in [6, 6.07) is 8.78. The number of carbonyl (C=O) groups is 1. The molecule has 2 rings (SSSR count). The Bertz CT molecular complexity index is 545. The summed E-state index contributed by atoms with van der Waals surface area (Å²) in [5.74, 6) is -0.514.